The second-order valence-electron chi connectivity index (χ2n) is 6.39. The van der Waals surface area contributed by atoms with Gasteiger partial charge in [-0.15, -0.1) is 0 Å². The Bertz CT molecular complexity index is 253. The van der Waals surface area contributed by atoms with Gasteiger partial charge in [-0.25, -0.2) is 0 Å². The maximum Gasteiger partial charge on any atom is 0.149 e. The monoisotopic (exact) mass is 227 g/mol. The first kappa shape index (κ1) is 13.7. The maximum absolute atomic E-state index is 11.8. The lowest BCUT2D eigenvalue weighted by Gasteiger charge is -2.47. The molecule has 0 radical (unpaired) electrons. The molecule has 1 aliphatic rings. The summed E-state index contributed by atoms with van der Waals surface area (Å²) in [6.45, 7) is 14.5. The third-order valence-electron chi connectivity index (χ3n) is 2.78. The van der Waals surface area contributed by atoms with E-state index in [1.807, 2.05) is 13.8 Å². The first-order valence-corrected chi connectivity index (χ1v) is 6.07. The molecule has 0 unspecified atom stereocenters. The van der Waals surface area contributed by atoms with Crippen LogP contribution < -0.4 is 0 Å². The van der Waals surface area contributed by atoms with Gasteiger partial charge in [-0.2, -0.15) is 0 Å². The van der Waals surface area contributed by atoms with Crippen molar-refractivity contribution >= 4 is 5.78 Å². The fourth-order valence-electron chi connectivity index (χ4n) is 2.46. The smallest absolute Gasteiger partial charge is 0.149 e. The largest absolute Gasteiger partial charge is 0.367 e. The molecule has 16 heavy (non-hydrogen) atoms. The molecule has 0 aromatic carbocycles. The highest BCUT2D eigenvalue weighted by Gasteiger charge is 2.38. The summed E-state index contributed by atoms with van der Waals surface area (Å²) in [7, 11) is 0. The average molecular weight is 227 g/mol. The molecule has 0 aliphatic carbocycles. The zero-order valence-electron chi connectivity index (χ0n) is 11.5. The Kier molecular flexibility index (Phi) is 3.80. The molecule has 0 atom stereocenters. The van der Waals surface area contributed by atoms with Crippen LogP contribution in [0.3, 0.4) is 0 Å². The van der Waals surface area contributed by atoms with Crippen LogP contribution in [0.15, 0.2) is 0 Å². The van der Waals surface area contributed by atoms with Crippen LogP contribution in [0.5, 0.6) is 0 Å². The number of carbonyl (C=O) groups excluding carboxylic acids is 1. The summed E-state index contributed by atoms with van der Waals surface area (Å²) in [5.74, 6) is 0.433. The van der Waals surface area contributed by atoms with Crippen LogP contribution in [-0.2, 0) is 9.53 Å². The van der Waals surface area contributed by atoms with Crippen molar-refractivity contribution in [3.05, 3.63) is 0 Å². The average Bonchev–Trinajstić information content (AvgIpc) is 1.96. The van der Waals surface area contributed by atoms with Gasteiger partial charge in [-0.05, 0) is 27.7 Å². The Balaban J connectivity index is 2.64. The summed E-state index contributed by atoms with van der Waals surface area (Å²) in [6.07, 6.45) is 0. The van der Waals surface area contributed by atoms with E-state index in [-0.39, 0.29) is 17.1 Å². The summed E-state index contributed by atoms with van der Waals surface area (Å²) in [6, 6.07) is 0. The van der Waals surface area contributed by atoms with Crippen molar-refractivity contribution in [2.45, 2.75) is 52.7 Å². The zero-order chi connectivity index (χ0) is 12.6. The molecule has 1 heterocycles. The predicted molar refractivity (Wildman–Crippen MR) is 65.5 cm³/mol. The number of ketones is 1. The van der Waals surface area contributed by atoms with Crippen LogP contribution >= 0.6 is 0 Å². The summed E-state index contributed by atoms with van der Waals surface area (Å²) in [5, 5.41) is 0. The molecular weight excluding hydrogens is 202 g/mol. The van der Waals surface area contributed by atoms with Gasteiger partial charge in [0.25, 0.3) is 0 Å². The first-order valence-electron chi connectivity index (χ1n) is 6.07. The van der Waals surface area contributed by atoms with Crippen LogP contribution in [0.2, 0.25) is 0 Å². The van der Waals surface area contributed by atoms with Crippen molar-refractivity contribution < 1.29 is 9.53 Å². The quantitative estimate of drug-likeness (QED) is 0.739. The van der Waals surface area contributed by atoms with Gasteiger partial charge in [0, 0.05) is 19.0 Å². The molecule has 1 rings (SSSR count). The van der Waals surface area contributed by atoms with Gasteiger partial charge in [0.1, 0.15) is 5.78 Å². The highest BCUT2D eigenvalue weighted by Crippen LogP contribution is 2.27. The predicted octanol–water partition coefficient (Wildman–Crippen LogP) is 2.10. The third-order valence-corrected chi connectivity index (χ3v) is 2.78. The van der Waals surface area contributed by atoms with Crippen LogP contribution in [0.1, 0.15) is 41.5 Å². The second kappa shape index (κ2) is 4.46. The van der Waals surface area contributed by atoms with E-state index in [1.54, 1.807) is 0 Å². The lowest BCUT2D eigenvalue weighted by molar-refractivity contribution is -0.181. The molecule has 0 aromatic rings. The van der Waals surface area contributed by atoms with Gasteiger partial charge < -0.3 is 4.74 Å². The summed E-state index contributed by atoms with van der Waals surface area (Å²) in [5.41, 5.74) is -0.335. The van der Waals surface area contributed by atoms with Crippen molar-refractivity contribution in [2.75, 3.05) is 19.6 Å². The minimum absolute atomic E-state index is 0.120. The van der Waals surface area contributed by atoms with Gasteiger partial charge in [0.15, 0.2) is 0 Å². The zero-order valence-corrected chi connectivity index (χ0v) is 11.5. The third kappa shape index (κ3) is 3.87. The van der Waals surface area contributed by atoms with E-state index in [9.17, 15) is 4.79 Å². The molecule has 1 fully saturated rings. The van der Waals surface area contributed by atoms with E-state index < -0.39 is 0 Å². The van der Waals surface area contributed by atoms with E-state index >= 15 is 0 Å². The molecule has 0 aromatic heterocycles. The molecule has 3 nitrogen and oxygen atoms in total. The molecule has 0 N–H and O–H groups in total. The van der Waals surface area contributed by atoms with Crippen LogP contribution in [0, 0.1) is 5.92 Å². The van der Waals surface area contributed by atoms with E-state index in [2.05, 4.69) is 32.6 Å². The van der Waals surface area contributed by atoms with Gasteiger partial charge in [-0.1, -0.05) is 13.8 Å². The number of rotatable bonds is 3. The maximum atomic E-state index is 11.8. The van der Waals surface area contributed by atoms with E-state index in [0.717, 1.165) is 13.1 Å². The molecule has 0 bridgehead atoms. The molecule has 1 aliphatic heterocycles. The fraction of sp³-hybridized carbons (Fsp3) is 0.923. The molecule has 3 heteroatoms. The van der Waals surface area contributed by atoms with Gasteiger partial charge >= 0.3 is 0 Å². The van der Waals surface area contributed by atoms with Gasteiger partial charge in [0.05, 0.1) is 17.7 Å². The highest BCUT2D eigenvalue weighted by atomic mass is 16.5. The SMILES string of the molecule is CC(C)C(=O)CN1CC(C)(C)OC(C)(C)C1. The van der Waals surface area contributed by atoms with Crippen molar-refractivity contribution in [1.29, 1.82) is 0 Å². The fourth-order valence-corrected chi connectivity index (χ4v) is 2.46. The Morgan fingerprint density at radius 3 is 2.00 bits per heavy atom. The molecule has 0 amide bonds. The van der Waals surface area contributed by atoms with Crippen molar-refractivity contribution in [3.63, 3.8) is 0 Å². The number of ether oxygens (including phenoxy) is 1. The minimum Gasteiger partial charge on any atom is -0.367 e. The normalized spacial score (nSPS) is 24.7. The standard InChI is InChI=1S/C13H25NO2/c1-10(2)11(15)7-14-8-12(3,4)16-13(5,6)9-14/h10H,7-9H2,1-6H3. The van der Waals surface area contributed by atoms with Crippen molar-refractivity contribution in [3.8, 4) is 0 Å². The number of morpholine rings is 1. The Hall–Kier alpha value is -0.410. The van der Waals surface area contributed by atoms with Crippen molar-refractivity contribution in [1.82, 2.24) is 4.90 Å². The Morgan fingerprint density at radius 1 is 1.19 bits per heavy atom. The molecular formula is C13H25NO2. The summed E-state index contributed by atoms with van der Waals surface area (Å²) < 4.78 is 5.98. The second-order valence-corrected chi connectivity index (χ2v) is 6.39. The molecule has 0 saturated carbocycles. The Morgan fingerprint density at radius 2 is 1.62 bits per heavy atom. The first-order chi connectivity index (χ1) is 7.11. The molecule has 94 valence electrons. The lowest BCUT2D eigenvalue weighted by Crippen LogP contribution is -2.58. The number of hydrogen-bond acceptors (Lipinski definition) is 3. The van der Waals surface area contributed by atoms with Crippen molar-refractivity contribution in [2.24, 2.45) is 5.92 Å². The number of hydrogen-bond donors (Lipinski definition) is 0. The van der Waals surface area contributed by atoms with Crippen LogP contribution in [0.25, 0.3) is 0 Å². The summed E-state index contributed by atoms with van der Waals surface area (Å²) >= 11 is 0. The van der Waals surface area contributed by atoms with E-state index in [1.165, 1.54) is 0 Å². The van der Waals surface area contributed by atoms with Crippen LogP contribution in [-0.4, -0.2) is 41.5 Å². The van der Waals surface area contributed by atoms with E-state index in [0.29, 0.717) is 12.3 Å². The summed E-state index contributed by atoms with van der Waals surface area (Å²) in [4.78, 5) is 14.0. The molecule has 1 saturated heterocycles. The number of Topliss-reactive ketones (excluding diaryl/α,β-unsaturated/α-hetero) is 1. The van der Waals surface area contributed by atoms with Crippen LogP contribution in [0.4, 0.5) is 0 Å². The minimum atomic E-state index is -0.168. The van der Waals surface area contributed by atoms with Gasteiger partial charge in [0.2, 0.25) is 0 Å². The topological polar surface area (TPSA) is 29.5 Å². The Labute approximate surface area is 99.1 Å². The van der Waals surface area contributed by atoms with E-state index in [4.69, 9.17) is 4.74 Å². The number of carbonyl (C=O) groups is 1. The van der Waals surface area contributed by atoms with Gasteiger partial charge in [-0.3, -0.25) is 9.69 Å². The number of nitrogens with zero attached hydrogens (tertiary/aromatic N) is 1. The molecule has 0 spiro atoms. The lowest BCUT2D eigenvalue weighted by atomic mass is 9.98. The highest BCUT2D eigenvalue weighted by molar-refractivity contribution is 5.82.